The Bertz CT molecular complexity index is 1270. The smallest absolute Gasteiger partial charge is 0.305 e. The number of amides is 3. The van der Waals surface area contributed by atoms with Gasteiger partial charge < -0.3 is 4.90 Å². The fourth-order valence-corrected chi connectivity index (χ4v) is 3.66. The van der Waals surface area contributed by atoms with E-state index in [1.54, 1.807) is 6.92 Å². The number of aromatic nitrogens is 3. The summed E-state index contributed by atoms with van der Waals surface area (Å²) in [5, 5.41) is 6.49. The average molecular weight is 457 g/mol. The lowest BCUT2D eigenvalue weighted by Crippen LogP contribution is -2.42. The first kappa shape index (κ1) is 22.2. The number of anilines is 1. The van der Waals surface area contributed by atoms with E-state index in [0.717, 1.165) is 12.1 Å². The van der Waals surface area contributed by atoms with Gasteiger partial charge >= 0.3 is 6.18 Å². The van der Waals surface area contributed by atoms with Crippen molar-refractivity contribution in [2.45, 2.75) is 26.6 Å². The minimum atomic E-state index is -4.49. The van der Waals surface area contributed by atoms with Gasteiger partial charge in [0.15, 0.2) is 0 Å². The van der Waals surface area contributed by atoms with E-state index in [4.69, 9.17) is 0 Å². The van der Waals surface area contributed by atoms with E-state index < -0.39 is 29.5 Å². The topological polar surface area (TPSA) is 97.2 Å². The zero-order valence-electron chi connectivity index (χ0n) is 17.6. The zero-order valence-corrected chi connectivity index (χ0v) is 17.6. The van der Waals surface area contributed by atoms with Crippen LogP contribution in [0.25, 0.3) is 0 Å². The largest absolute Gasteiger partial charge is 0.416 e. The molecule has 3 aromatic rings. The van der Waals surface area contributed by atoms with Crippen molar-refractivity contribution in [3.63, 3.8) is 0 Å². The van der Waals surface area contributed by atoms with Gasteiger partial charge in [-0.05, 0) is 50.2 Å². The summed E-state index contributed by atoms with van der Waals surface area (Å²) in [6, 6.07) is 7.16. The molecule has 0 unspecified atom stereocenters. The quantitative estimate of drug-likeness (QED) is 0.610. The molecule has 11 heteroatoms. The van der Waals surface area contributed by atoms with Crippen molar-refractivity contribution in [1.82, 2.24) is 20.1 Å². The molecule has 2 aromatic heterocycles. The molecule has 0 saturated carbocycles. The molecule has 4 rings (SSSR count). The number of hydrogen-bond donors (Lipinski definition) is 1. The number of benzene rings is 1. The van der Waals surface area contributed by atoms with Gasteiger partial charge in [-0.25, -0.2) is 0 Å². The van der Waals surface area contributed by atoms with Crippen molar-refractivity contribution in [3.05, 3.63) is 76.4 Å². The van der Waals surface area contributed by atoms with Crippen molar-refractivity contribution in [2.75, 3.05) is 11.4 Å². The number of nitrogens with one attached hydrogen (secondary N) is 1. The summed E-state index contributed by atoms with van der Waals surface area (Å²) < 4.78 is 40.0. The van der Waals surface area contributed by atoms with Gasteiger partial charge in [-0.1, -0.05) is 0 Å². The maximum absolute atomic E-state index is 13.2. The first-order valence-corrected chi connectivity index (χ1v) is 9.91. The lowest BCUT2D eigenvalue weighted by molar-refractivity contribution is -0.137. The number of imide groups is 1. The van der Waals surface area contributed by atoms with Gasteiger partial charge in [-0.15, -0.1) is 0 Å². The Hall–Kier alpha value is -4.02. The molecule has 170 valence electrons. The Morgan fingerprint density at radius 2 is 1.73 bits per heavy atom. The van der Waals surface area contributed by atoms with Gasteiger partial charge in [-0.3, -0.25) is 29.4 Å². The molecule has 1 aliphatic heterocycles. The van der Waals surface area contributed by atoms with Crippen LogP contribution in [0.3, 0.4) is 0 Å². The summed E-state index contributed by atoms with van der Waals surface area (Å²) in [7, 11) is 0. The third-order valence-electron chi connectivity index (χ3n) is 5.23. The molecule has 0 radical (unpaired) electrons. The number of carbonyl (C=O) groups is 3. The molecule has 0 saturated heterocycles. The van der Waals surface area contributed by atoms with Crippen molar-refractivity contribution in [2.24, 2.45) is 0 Å². The molecule has 8 nitrogen and oxygen atoms in total. The number of nitrogens with zero attached hydrogens (tertiary/aromatic N) is 4. The lowest BCUT2D eigenvalue weighted by atomic mass is 10.1. The Kier molecular flexibility index (Phi) is 5.48. The fraction of sp³-hybridized carbons (Fsp3) is 0.227. The second-order valence-electron chi connectivity index (χ2n) is 7.50. The number of aryl methyl sites for hydroxylation is 2. The molecule has 0 aliphatic carbocycles. The summed E-state index contributed by atoms with van der Waals surface area (Å²) in [5.74, 6) is -2.05. The molecular formula is C22H18F3N5O3. The van der Waals surface area contributed by atoms with Gasteiger partial charge in [0.2, 0.25) is 0 Å². The highest BCUT2D eigenvalue weighted by Crippen LogP contribution is 2.31. The zero-order chi connectivity index (χ0) is 23.9. The second kappa shape index (κ2) is 8.15. The van der Waals surface area contributed by atoms with E-state index in [-0.39, 0.29) is 41.3 Å². The van der Waals surface area contributed by atoms with Crippen LogP contribution in [0, 0.1) is 13.8 Å². The van der Waals surface area contributed by atoms with E-state index in [2.05, 4.69) is 15.4 Å². The number of halogens is 3. The predicted molar refractivity (Wildman–Crippen MR) is 111 cm³/mol. The summed E-state index contributed by atoms with van der Waals surface area (Å²) in [5.41, 5.74) is 0.410. The van der Waals surface area contributed by atoms with Crippen LogP contribution in [-0.2, 0) is 12.7 Å². The van der Waals surface area contributed by atoms with Crippen molar-refractivity contribution in [3.8, 4) is 0 Å². The molecule has 0 bridgehead atoms. The SMILES string of the molecule is Cc1cc(C(=O)NC(=O)c2c(C)nn3c2C(=O)N(c2ccc(C(F)(F)F)cc2)CC3)ccn1. The maximum Gasteiger partial charge on any atom is 0.416 e. The molecule has 1 aromatic carbocycles. The normalized spacial score (nSPS) is 13.6. The van der Waals surface area contributed by atoms with Crippen LogP contribution in [0.1, 0.15) is 48.2 Å². The van der Waals surface area contributed by atoms with Crippen LogP contribution in [0.4, 0.5) is 18.9 Å². The van der Waals surface area contributed by atoms with Gasteiger partial charge in [0.05, 0.1) is 23.4 Å². The molecule has 1 aliphatic rings. The Morgan fingerprint density at radius 1 is 1.03 bits per heavy atom. The minimum absolute atomic E-state index is 0.0325. The molecule has 0 atom stereocenters. The van der Waals surface area contributed by atoms with E-state index >= 15 is 0 Å². The monoisotopic (exact) mass is 457 g/mol. The predicted octanol–water partition coefficient (Wildman–Crippen LogP) is 3.14. The van der Waals surface area contributed by atoms with Gasteiger partial charge in [0.1, 0.15) is 5.69 Å². The van der Waals surface area contributed by atoms with E-state index in [9.17, 15) is 27.6 Å². The van der Waals surface area contributed by atoms with E-state index in [0.29, 0.717) is 5.69 Å². The molecule has 33 heavy (non-hydrogen) atoms. The third kappa shape index (κ3) is 4.21. The molecule has 3 heterocycles. The minimum Gasteiger partial charge on any atom is -0.305 e. The van der Waals surface area contributed by atoms with Crippen molar-refractivity contribution < 1.29 is 27.6 Å². The Labute approximate surface area is 186 Å². The Balaban J connectivity index is 1.62. The van der Waals surface area contributed by atoms with Crippen LogP contribution in [0.2, 0.25) is 0 Å². The van der Waals surface area contributed by atoms with Crippen molar-refractivity contribution >= 4 is 23.4 Å². The number of pyridine rings is 1. The number of rotatable bonds is 3. The van der Waals surface area contributed by atoms with Gasteiger partial charge in [-0.2, -0.15) is 18.3 Å². The first-order chi connectivity index (χ1) is 15.6. The molecule has 1 N–H and O–H groups in total. The van der Waals surface area contributed by atoms with Crippen LogP contribution in [0.15, 0.2) is 42.6 Å². The molecule has 3 amide bonds. The third-order valence-corrected chi connectivity index (χ3v) is 5.23. The lowest BCUT2D eigenvalue weighted by Gasteiger charge is -2.28. The standard InChI is InChI=1S/C22H18F3N5O3/c1-12-11-14(7-8-26-12)19(31)27-20(32)17-13(2)28-30-10-9-29(21(33)18(17)30)16-5-3-15(4-6-16)22(23,24)25/h3-8,11H,9-10H2,1-2H3,(H,27,31,32). The average Bonchev–Trinajstić information content (AvgIpc) is 3.10. The first-order valence-electron chi connectivity index (χ1n) is 9.91. The fourth-order valence-electron chi connectivity index (χ4n) is 3.66. The number of hydrogen-bond acceptors (Lipinski definition) is 5. The van der Waals surface area contributed by atoms with E-state index in [1.807, 2.05) is 0 Å². The van der Waals surface area contributed by atoms with Crippen molar-refractivity contribution in [1.29, 1.82) is 0 Å². The van der Waals surface area contributed by atoms with Crippen LogP contribution < -0.4 is 10.2 Å². The number of carbonyl (C=O) groups excluding carboxylic acids is 3. The highest BCUT2D eigenvalue weighted by molar-refractivity contribution is 6.17. The number of fused-ring (bicyclic) bond motifs is 1. The Morgan fingerprint density at radius 3 is 2.36 bits per heavy atom. The summed E-state index contributed by atoms with van der Waals surface area (Å²) in [6.07, 6.45) is -3.06. The molecule has 0 spiro atoms. The molecular weight excluding hydrogens is 439 g/mol. The number of alkyl halides is 3. The van der Waals surface area contributed by atoms with Crippen LogP contribution in [-0.4, -0.2) is 39.0 Å². The summed E-state index contributed by atoms with van der Waals surface area (Å²) >= 11 is 0. The maximum atomic E-state index is 13.2. The highest BCUT2D eigenvalue weighted by atomic mass is 19.4. The van der Waals surface area contributed by atoms with Crippen LogP contribution in [0.5, 0.6) is 0 Å². The van der Waals surface area contributed by atoms with Crippen LogP contribution >= 0.6 is 0 Å². The van der Waals surface area contributed by atoms with Gasteiger partial charge in [0, 0.05) is 29.7 Å². The second-order valence-corrected chi connectivity index (χ2v) is 7.50. The summed E-state index contributed by atoms with van der Waals surface area (Å²) in [4.78, 5) is 43.9. The molecule has 0 fully saturated rings. The highest BCUT2D eigenvalue weighted by Gasteiger charge is 2.35. The summed E-state index contributed by atoms with van der Waals surface area (Å²) in [6.45, 7) is 3.63. The van der Waals surface area contributed by atoms with Gasteiger partial charge in [0.25, 0.3) is 17.7 Å². The van der Waals surface area contributed by atoms with E-state index in [1.165, 1.54) is 47.0 Å².